The van der Waals surface area contributed by atoms with E-state index in [1.807, 2.05) is 6.92 Å². The Bertz CT molecular complexity index is 1380. The fourth-order valence-electron chi connectivity index (χ4n) is 3.25. The van der Waals surface area contributed by atoms with Crippen LogP contribution in [0.25, 0.3) is 21.3 Å². The van der Waals surface area contributed by atoms with Gasteiger partial charge in [-0.05, 0) is 40.0 Å². The van der Waals surface area contributed by atoms with Crippen LogP contribution in [0.15, 0.2) is 47.2 Å². The second-order valence-corrected chi connectivity index (χ2v) is 9.09. The number of anilines is 1. The van der Waals surface area contributed by atoms with E-state index < -0.39 is 23.7 Å². The first-order valence-corrected chi connectivity index (χ1v) is 11.0. The summed E-state index contributed by atoms with van der Waals surface area (Å²) < 4.78 is 42.7. The van der Waals surface area contributed by atoms with Gasteiger partial charge in [0.25, 0.3) is 5.91 Å². The number of rotatable bonds is 5. The number of pyridine rings is 1. The number of nitrogens with zero attached hydrogens (tertiary/aromatic N) is 3. The maximum atomic E-state index is 13.6. The Hall–Kier alpha value is -3.25. The van der Waals surface area contributed by atoms with Crippen LogP contribution in [0.1, 0.15) is 20.9 Å². The van der Waals surface area contributed by atoms with E-state index in [1.54, 1.807) is 30.5 Å². The molecule has 7 nitrogen and oxygen atoms in total. The van der Waals surface area contributed by atoms with Crippen molar-refractivity contribution in [3.63, 3.8) is 0 Å². The van der Waals surface area contributed by atoms with Gasteiger partial charge in [0, 0.05) is 11.6 Å². The molecule has 12 heteroatoms. The van der Waals surface area contributed by atoms with E-state index in [0.29, 0.717) is 21.4 Å². The molecule has 0 spiro atoms. The van der Waals surface area contributed by atoms with E-state index in [1.165, 1.54) is 10.9 Å². The number of primary amides is 1. The van der Waals surface area contributed by atoms with Crippen LogP contribution >= 0.6 is 27.3 Å². The lowest BCUT2D eigenvalue weighted by atomic mass is 10.00. The van der Waals surface area contributed by atoms with Crippen LogP contribution in [0.2, 0.25) is 0 Å². The summed E-state index contributed by atoms with van der Waals surface area (Å²) in [5.41, 5.74) is 5.97. The van der Waals surface area contributed by atoms with Crippen LogP contribution < -0.4 is 11.1 Å². The van der Waals surface area contributed by atoms with Crippen LogP contribution in [-0.4, -0.2) is 26.6 Å². The highest BCUT2D eigenvalue weighted by Gasteiger charge is 2.35. The number of thiophene rings is 1. The molecule has 170 valence electrons. The smallest absolute Gasteiger partial charge is 0.365 e. The van der Waals surface area contributed by atoms with Gasteiger partial charge in [-0.1, -0.05) is 29.8 Å². The van der Waals surface area contributed by atoms with Crippen molar-refractivity contribution in [2.45, 2.75) is 19.6 Å². The van der Waals surface area contributed by atoms with Gasteiger partial charge in [0.15, 0.2) is 0 Å². The molecule has 1 aromatic carbocycles. The Morgan fingerprint density at radius 1 is 1.24 bits per heavy atom. The van der Waals surface area contributed by atoms with Gasteiger partial charge in [-0.2, -0.15) is 18.3 Å². The van der Waals surface area contributed by atoms with Gasteiger partial charge in [0.1, 0.15) is 21.9 Å². The minimum Gasteiger partial charge on any atom is -0.365 e. The number of alkyl halides is 3. The van der Waals surface area contributed by atoms with Gasteiger partial charge >= 0.3 is 6.18 Å². The topological polar surface area (TPSA) is 103 Å². The Morgan fingerprint density at radius 3 is 2.52 bits per heavy atom. The number of nitrogens with one attached hydrogen (secondary N) is 1. The van der Waals surface area contributed by atoms with E-state index in [2.05, 4.69) is 31.3 Å². The van der Waals surface area contributed by atoms with E-state index in [4.69, 9.17) is 5.73 Å². The lowest BCUT2D eigenvalue weighted by Gasteiger charge is -2.12. The number of carbonyl (C=O) groups is 2. The van der Waals surface area contributed by atoms with Crippen molar-refractivity contribution in [3.05, 3.63) is 63.3 Å². The molecule has 0 radical (unpaired) electrons. The van der Waals surface area contributed by atoms with E-state index >= 15 is 0 Å². The molecule has 0 aliphatic rings. The zero-order chi connectivity index (χ0) is 23.9. The SMILES string of the molecule is Cc1ccc(-c2cc(C(F)(F)F)nc3sc(C(N)=O)c(NC(=O)Cn4cc(Br)cn4)c23)cc1. The molecule has 2 amide bonds. The number of benzene rings is 1. The number of nitrogens with two attached hydrogens (primary N) is 1. The predicted molar refractivity (Wildman–Crippen MR) is 122 cm³/mol. The van der Waals surface area contributed by atoms with E-state index in [-0.39, 0.29) is 32.9 Å². The number of aromatic nitrogens is 3. The molecule has 33 heavy (non-hydrogen) atoms. The van der Waals surface area contributed by atoms with Crippen molar-refractivity contribution in [1.29, 1.82) is 0 Å². The lowest BCUT2D eigenvalue weighted by Crippen LogP contribution is -2.21. The summed E-state index contributed by atoms with van der Waals surface area (Å²) in [7, 11) is 0. The summed E-state index contributed by atoms with van der Waals surface area (Å²) in [6.07, 6.45) is -1.63. The summed E-state index contributed by atoms with van der Waals surface area (Å²) in [6.45, 7) is 1.66. The Labute approximate surface area is 197 Å². The molecule has 3 aromatic heterocycles. The monoisotopic (exact) mass is 537 g/mol. The first kappa shape index (κ1) is 22.9. The number of aryl methyl sites for hydroxylation is 1. The summed E-state index contributed by atoms with van der Waals surface area (Å²) in [6, 6.07) is 7.75. The average molecular weight is 538 g/mol. The highest BCUT2D eigenvalue weighted by molar-refractivity contribution is 9.10. The second-order valence-electron chi connectivity index (χ2n) is 7.17. The normalized spacial score (nSPS) is 11.7. The minimum atomic E-state index is -4.71. The molecule has 3 heterocycles. The maximum absolute atomic E-state index is 13.6. The minimum absolute atomic E-state index is 0.0236. The van der Waals surface area contributed by atoms with Crippen molar-refractivity contribution in [1.82, 2.24) is 14.8 Å². The average Bonchev–Trinajstić information content (AvgIpc) is 3.30. The summed E-state index contributed by atoms with van der Waals surface area (Å²) >= 11 is 3.93. The molecule has 0 saturated carbocycles. The van der Waals surface area contributed by atoms with Crippen LogP contribution in [0.3, 0.4) is 0 Å². The first-order chi connectivity index (χ1) is 15.5. The maximum Gasteiger partial charge on any atom is 0.433 e. The number of hydrogen-bond acceptors (Lipinski definition) is 5. The summed E-state index contributed by atoms with van der Waals surface area (Å²) in [4.78, 5) is 28.4. The van der Waals surface area contributed by atoms with E-state index in [9.17, 15) is 22.8 Å². The van der Waals surface area contributed by atoms with Gasteiger partial charge in [-0.15, -0.1) is 11.3 Å². The van der Waals surface area contributed by atoms with Gasteiger partial charge in [0.2, 0.25) is 5.91 Å². The quantitative estimate of drug-likeness (QED) is 0.374. The molecule has 4 rings (SSSR count). The van der Waals surface area contributed by atoms with Crippen molar-refractivity contribution < 1.29 is 22.8 Å². The number of halogens is 4. The highest BCUT2D eigenvalue weighted by Crippen LogP contribution is 2.43. The molecule has 0 aliphatic heterocycles. The third-order valence-corrected chi connectivity index (χ3v) is 6.22. The Morgan fingerprint density at radius 2 is 1.94 bits per heavy atom. The number of amides is 2. The molecule has 0 atom stereocenters. The van der Waals surface area contributed by atoms with Crippen LogP contribution in [0, 0.1) is 6.92 Å². The van der Waals surface area contributed by atoms with Gasteiger partial charge < -0.3 is 11.1 Å². The molecule has 0 saturated heterocycles. The molecule has 0 aliphatic carbocycles. The van der Waals surface area contributed by atoms with Crippen LogP contribution in [0.5, 0.6) is 0 Å². The number of carbonyl (C=O) groups excluding carboxylic acids is 2. The van der Waals surface area contributed by atoms with Crippen molar-refractivity contribution >= 4 is 55.0 Å². The van der Waals surface area contributed by atoms with Gasteiger partial charge in [-0.25, -0.2) is 4.98 Å². The number of fused-ring (bicyclic) bond motifs is 1. The first-order valence-electron chi connectivity index (χ1n) is 9.42. The van der Waals surface area contributed by atoms with Crippen molar-refractivity contribution in [3.8, 4) is 11.1 Å². The van der Waals surface area contributed by atoms with Crippen molar-refractivity contribution in [2.75, 3.05) is 5.32 Å². The van der Waals surface area contributed by atoms with Crippen LogP contribution in [-0.2, 0) is 17.5 Å². The summed E-state index contributed by atoms with van der Waals surface area (Å²) in [5.74, 6) is -1.43. The third kappa shape index (κ3) is 4.76. The zero-order valence-corrected chi connectivity index (χ0v) is 19.3. The largest absolute Gasteiger partial charge is 0.433 e. The fraction of sp³-hybridized carbons (Fsp3) is 0.143. The van der Waals surface area contributed by atoms with Crippen molar-refractivity contribution in [2.24, 2.45) is 5.73 Å². The van der Waals surface area contributed by atoms with Gasteiger partial charge in [-0.3, -0.25) is 14.3 Å². The molecule has 0 fully saturated rings. The Balaban J connectivity index is 1.90. The molecule has 0 unspecified atom stereocenters. The highest BCUT2D eigenvalue weighted by atomic mass is 79.9. The second kappa shape index (κ2) is 8.60. The molecule has 3 N–H and O–H groups in total. The summed E-state index contributed by atoms with van der Waals surface area (Å²) in [5, 5.41) is 6.83. The zero-order valence-electron chi connectivity index (χ0n) is 16.9. The van der Waals surface area contributed by atoms with E-state index in [0.717, 1.165) is 11.6 Å². The standard InChI is InChI=1S/C21H15BrF3N5O2S/c1-10-2-4-11(5-3-10)13-6-14(21(23,24)25)28-20-16(13)17(18(33-20)19(26)32)29-15(31)9-30-8-12(22)7-27-30/h2-8H,9H2,1H3,(H2,26,32)(H,29,31). The fourth-order valence-corrected chi connectivity index (χ4v) is 4.58. The molecular formula is C21H15BrF3N5O2S. The Kier molecular flexibility index (Phi) is 5.97. The third-order valence-electron chi connectivity index (χ3n) is 4.71. The molecular weight excluding hydrogens is 523 g/mol. The molecule has 0 bridgehead atoms. The van der Waals surface area contributed by atoms with Gasteiger partial charge in [0.05, 0.1) is 16.4 Å². The van der Waals surface area contributed by atoms with Crippen LogP contribution in [0.4, 0.5) is 18.9 Å². The number of hydrogen-bond donors (Lipinski definition) is 2. The molecule has 4 aromatic rings. The lowest BCUT2D eigenvalue weighted by molar-refractivity contribution is -0.140. The predicted octanol–water partition coefficient (Wildman–Crippen LogP) is 4.99.